The third kappa shape index (κ3) is 4.20. The zero-order valence-corrected chi connectivity index (χ0v) is 13.2. The van der Waals surface area contributed by atoms with Crippen molar-refractivity contribution in [1.29, 1.82) is 0 Å². The van der Waals surface area contributed by atoms with Gasteiger partial charge in [0.1, 0.15) is 0 Å². The van der Waals surface area contributed by atoms with Gasteiger partial charge in [-0.25, -0.2) is 0 Å². The minimum Gasteiger partial charge on any atom is -0.370 e. The van der Waals surface area contributed by atoms with Crippen molar-refractivity contribution in [1.82, 2.24) is 10.3 Å². The quantitative estimate of drug-likeness (QED) is 0.746. The Morgan fingerprint density at radius 3 is 2.65 bits per heavy atom. The SMILES string of the molecule is CCC(CC)CN(CC)c1cnccc1CNC1CC1. The van der Waals surface area contributed by atoms with Crippen LogP contribution in [0.15, 0.2) is 18.5 Å². The van der Waals surface area contributed by atoms with E-state index >= 15 is 0 Å². The van der Waals surface area contributed by atoms with Crippen molar-refractivity contribution in [3.63, 3.8) is 0 Å². The lowest BCUT2D eigenvalue weighted by atomic mass is 10.0. The van der Waals surface area contributed by atoms with Crippen LogP contribution in [0.25, 0.3) is 0 Å². The Morgan fingerprint density at radius 2 is 2.05 bits per heavy atom. The molecule has 0 spiro atoms. The molecule has 1 heterocycles. The number of nitrogens with one attached hydrogen (secondary N) is 1. The van der Waals surface area contributed by atoms with Gasteiger partial charge in [0, 0.05) is 31.9 Å². The number of rotatable bonds is 9. The van der Waals surface area contributed by atoms with E-state index in [4.69, 9.17) is 0 Å². The molecular formula is C17H29N3. The summed E-state index contributed by atoms with van der Waals surface area (Å²) in [6.07, 6.45) is 9.14. The molecule has 0 radical (unpaired) electrons. The Bertz CT molecular complexity index is 397. The van der Waals surface area contributed by atoms with Gasteiger partial charge in [0.05, 0.1) is 11.9 Å². The summed E-state index contributed by atoms with van der Waals surface area (Å²) in [4.78, 5) is 6.84. The maximum absolute atomic E-state index is 4.35. The summed E-state index contributed by atoms with van der Waals surface area (Å²) in [6.45, 7) is 10.0. The first-order valence-electron chi connectivity index (χ1n) is 8.19. The third-order valence-electron chi connectivity index (χ3n) is 4.40. The molecule has 0 amide bonds. The van der Waals surface area contributed by atoms with E-state index in [0.717, 1.165) is 31.6 Å². The molecule has 1 aromatic rings. The zero-order valence-electron chi connectivity index (χ0n) is 13.2. The molecule has 112 valence electrons. The third-order valence-corrected chi connectivity index (χ3v) is 4.40. The fraction of sp³-hybridized carbons (Fsp3) is 0.706. The van der Waals surface area contributed by atoms with Crippen molar-refractivity contribution in [2.75, 3.05) is 18.0 Å². The van der Waals surface area contributed by atoms with Gasteiger partial charge in [-0.1, -0.05) is 26.7 Å². The van der Waals surface area contributed by atoms with Gasteiger partial charge in [0.15, 0.2) is 0 Å². The Labute approximate surface area is 123 Å². The first kappa shape index (κ1) is 15.3. The second kappa shape index (κ2) is 7.63. The molecule has 0 aromatic carbocycles. The van der Waals surface area contributed by atoms with Crippen molar-refractivity contribution in [2.24, 2.45) is 5.92 Å². The van der Waals surface area contributed by atoms with Gasteiger partial charge in [-0.15, -0.1) is 0 Å². The molecule has 3 heteroatoms. The minimum atomic E-state index is 0.755. The molecule has 0 bridgehead atoms. The Hall–Kier alpha value is -1.09. The van der Waals surface area contributed by atoms with E-state index in [1.54, 1.807) is 0 Å². The summed E-state index contributed by atoms with van der Waals surface area (Å²) in [5.74, 6) is 0.777. The first-order chi connectivity index (χ1) is 9.78. The van der Waals surface area contributed by atoms with Crippen LogP contribution in [-0.2, 0) is 6.54 Å². The summed E-state index contributed by atoms with van der Waals surface area (Å²) in [5, 5.41) is 3.62. The average Bonchev–Trinajstić information content (AvgIpc) is 3.31. The standard InChI is InChI=1S/C17H29N3/c1-4-14(5-2)13-20(6-3)17-12-18-10-9-15(17)11-19-16-7-8-16/h9-10,12,14,16,19H,4-8,11,13H2,1-3H3. The lowest BCUT2D eigenvalue weighted by Crippen LogP contribution is -2.30. The lowest BCUT2D eigenvalue weighted by Gasteiger charge is -2.29. The van der Waals surface area contributed by atoms with E-state index < -0.39 is 0 Å². The topological polar surface area (TPSA) is 28.2 Å². The average molecular weight is 275 g/mol. The maximum Gasteiger partial charge on any atom is 0.0598 e. The van der Waals surface area contributed by atoms with Gasteiger partial charge >= 0.3 is 0 Å². The number of hydrogen-bond donors (Lipinski definition) is 1. The summed E-state index contributed by atoms with van der Waals surface area (Å²) in [6, 6.07) is 2.92. The first-order valence-corrected chi connectivity index (χ1v) is 8.19. The molecule has 1 aliphatic rings. The summed E-state index contributed by atoms with van der Waals surface area (Å²) >= 11 is 0. The smallest absolute Gasteiger partial charge is 0.0598 e. The predicted octanol–water partition coefficient (Wildman–Crippen LogP) is 3.60. The van der Waals surface area contributed by atoms with Crippen molar-refractivity contribution in [2.45, 2.75) is 59.0 Å². The normalized spacial score (nSPS) is 14.8. The van der Waals surface area contributed by atoms with Crippen LogP contribution in [0, 0.1) is 5.92 Å². The van der Waals surface area contributed by atoms with Crippen LogP contribution in [-0.4, -0.2) is 24.1 Å². The Balaban J connectivity index is 2.06. The highest BCUT2D eigenvalue weighted by Crippen LogP contribution is 2.24. The van der Waals surface area contributed by atoms with E-state index in [1.807, 2.05) is 12.4 Å². The minimum absolute atomic E-state index is 0.755. The van der Waals surface area contributed by atoms with E-state index in [1.165, 1.54) is 36.9 Å². The van der Waals surface area contributed by atoms with Crippen molar-refractivity contribution >= 4 is 5.69 Å². The molecule has 1 aromatic heterocycles. The molecule has 1 saturated carbocycles. The molecule has 0 atom stereocenters. The molecule has 1 aliphatic carbocycles. The van der Waals surface area contributed by atoms with Crippen LogP contribution in [0.5, 0.6) is 0 Å². The van der Waals surface area contributed by atoms with E-state index in [-0.39, 0.29) is 0 Å². The van der Waals surface area contributed by atoms with E-state index in [2.05, 4.69) is 42.0 Å². The molecule has 0 aliphatic heterocycles. The number of aromatic nitrogens is 1. The van der Waals surface area contributed by atoms with Gasteiger partial charge in [0.25, 0.3) is 0 Å². The molecular weight excluding hydrogens is 246 g/mol. The van der Waals surface area contributed by atoms with Crippen LogP contribution < -0.4 is 10.2 Å². The Morgan fingerprint density at radius 1 is 1.30 bits per heavy atom. The highest BCUT2D eigenvalue weighted by atomic mass is 15.1. The lowest BCUT2D eigenvalue weighted by molar-refractivity contribution is 0.485. The monoisotopic (exact) mass is 275 g/mol. The van der Waals surface area contributed by atoms with E-state index in [9.17, 15) is 0 Å². The van der Waals surface area contributed by atoms with Crippen LogP contribution in [0.2, 0.25) is 0 Å². The van der Waals surface area contributed by atoms with E-state index in [0.29, 0.717) is 0 Å². The molecule has 0 unspecified atom stereocenters. The van der Waals surface area contributed by atoms with Crippen LogP contribution >= 0.6 is 0 Å². The number of nitrogens with zero attached hydrogens (tertiary/aromatic N) is 2. The predicted molar refractivity (Wildman–Crippen MR) is 86.1 cm³/mol. The highest BCUT2D eigenvalue weighted by Gasteiger charge is 2.21. The highest BCUT2D eigenvalue weighted by molar-refractivity contribution is 5.51. The van der Waals surface area contributed by atoms with Gasteiger partial charge in [0.2, 0.25) is 0 Å². The number of anilines is 1. The summed E-state index contributed by atoms with van der Waals surface area (Å²) in [7, 11) is 0. The fourth-order valence-electron chi connectivity index (χ4n) is 2.65. The van der Waals surface area contributed by atoms with Crippen molar-refractivity contribution in [3.8, 4) is 0 Å². The van der Waals surface area contributed by atoms with Gasteiger partial charge in [-0.3, -0.25) is 4.98 Å². The van der Waals surface area contributed by atoms with Crippen LogP contribution in [0.3, 0.4) is 0 Å². The molecule has 0 saturated heterocycles. The molecule has 3 nitrogen and oxygen atoms in total. The largest absolute Gasteiger partial charge is 0.370 e. The van der Waals surface area contributed by atoms with Crippen LogP contribution in [0.4, 0.5) is 5.69 Å². The van der Waals surface area contributed by atoms with Gasteiger partial charge in [-0.05, 0) is 37.3 Å². The van der Waals surface area contributed by atoms with Gasteiger partial charge in [-0.2, -0.15) is 0 Å². The molecule has 2 rings (SSSR count). The van der Waals surface area contributed by atoms with Gasteiger partial charge < -0.3 is 10.2 Å². The number of pyridine rings is 1. The fourth-order valence-corrected chi connectivity index (χ4v) is 2.65. The zero-order chi connectivity index (χ0) is 14.4. The van der Waals surface area contributed by atoms with Crippen molar-refractivity contribution in [3.05, 3.63) is 24.0 Å². The number of hydrogen-bond acceptors (Lipinski definition) is 3. The molecule has 1 fully saturated rings. The second-order valence-electron chi connectivity index (χ2n) is 5.88. The summed E-state index contributed by atoms with van der Waals surface area (Å²) < 4.78 is 0. The van der Waals surface area contributed by atoms with Crippen LogP contribution in [0.1, 0.15) is 52.0 Å². The van der Waals surface area contributed by atoms with Crippen molar-refractivity contribution < 1.29 is 0 Å². The maximum atomic E-state index is 4.35. The second-order valence-corrected chi connectivity index (χ2v) is 5.88. The molecule has 1 N–H and O–H groups in total. The summed E-state index contributed by atoms with van der Waals surface area (Å²) in [5.41, 5.74) is 2.70. The molecule has 20 heavy (non-hydrogen) atoms. The Kier molecular flexibility index (Phi) is 5.84.